The first kappa shape index (κ1) is 17.9. The van der Waals surface area contributed by atoms with Gasteiger partial charge in [-0.05, 0) is 36.6 Å². The summed E-state index contributed by atoms with van der Waals surface area (Å²) in [6.07, 6.45) is 2.01. The van der Waals surface area contributed by atoms with Crippen LogP contribution in [0.15, 0.2) is 42.6 Å². The van der Waals surface area contributed by atoms with E-state index in [0.29, 0.717) is 12.1 Å². The van der Waals surface area contributed by atoms with E-state index in [0.717, 1.165) is 5.56 Å². The summed E-state index contributed by atoms with van der Waals surface area (Å²) >= 11 is 6.12. The van der Waals surface area contributed by atoms with Gasteiger partial charge in [0.25, 0.3) is 5.91 Å². The molecule has 0 aliphatic rings. The number of aliphatic carboxylic acids is 1. The first-order chi connectivity index (χ1) is 11.4. The van der Waals surface area contributed by atoms with Gasteiger partial charge in [0, 0.05) is 11.8 Å². The number of halogens is 1. The number of pyridine rings is 1. The Bertz CT molecular complexity index is 732. The highest BCUT2D eigenvalue weighted by Crippen LogP contribution is 2.24. The number of carboxylic acid groups (broad SMARTS) is 1. The summed E-state index contributed by atoms with van der Waals surface area (Å²) in [5.74, 6) is -1.43. The lowest BCUT2D eigenvalue weighted by molar-refractivity contribution is -0.139. The molecular formula is C18H19ClN2O3. The Morgan fingerprint density at radius 2 is 2.00 bits per heavy atom. The normalized spacial score (nSPS) is 12.0. The summed E-state index contributed by atoms with van der Waals surface area (Å²) in [7, 11) is 0. The molecule has 1 heterocycles. The van der Waals surface area contributed by atoms with E-state index >= 15 is 0 Å². The van der Waals surface area contributed by atoms with Crippen molar-refractivity contribution >= 4 is 23.5 Å². The second-order valence-corrected chi connectivity index (χ2v) is 6.31. The number of hydrogen-bond donors (Lipinski definition) is 2. The Hall–Kier alpha value is -2.40. The van der Waals surface area contributed by atoms with Crippen LogP contribution >= 0.6 is 11.6 Å². The maximum atomic E-state index is 12.5. The van der Waals surface area contributed by atoms with Crippen LogP contribution in [0.5, 0.6) is 0 Å². The van der Waals surface area contributed by atoms with E-state index in [4.69, 9.17) is 11.6 Å². The highest BCUT2D eigenvalue weighted by atomic mass is 35.5. The molecule has 0 bridgehead atoms. The van der Waals surface area contributed by atoms with E-state index in [1.807, 2.05) is 26.0 Å². The van der Waals surface area contributed by atoms with Crippen molar-refractivity contribution in [2.24, 2.45) is 5.92 Å². The number of aromatic nitrogens is 1. The van der Waals surface area contributed by atoms with Crippen molar-refractivity contribution in [2.45, 2.75) is 26.3 Å². The van der Waals surface area contributed by atoms with Crippen molar-refractivity contribution in [3.05, 3.63) is 53.2 Å². The van der Waals surface area contributed by atoms with Gasteiger partial charge < -0.3 is 10.4 Å². The Morgan fingerprint density at radius 3 is 2.58 bits per heavy atom. The zero-order valence-corrected chi connectivity index (χ0v) is 14.2. The van der Waals surface area contributed by atoms with Gasteiger partial charge in [-0.2, -0.15) is 0 Å². The van der Waals surface area contributed by atoms with E-state index in [2.05, 4.69) is 10.3 Å². The van der Waals surface area contributed by atoms with Crippen LogP contribution in [0.1, 0.15) is 30.6 Å². The molecule has 5 nitrogen and oxygen atoms in total. The molecule has 0 saturated heterocycles. The van der Waals surface area contributed by atoms with E-state index < -0.39 is 17.9 Å². The molecule has 2 rings (SSSR count). The van der Waals surface area contributed by atoms with Crippen molar-refractivity contribution in [2.75, 3.05) is 0 Å². The highest BCUT2D eigenvalue weighted by molar-refractivity contribution is 6.34. The molecule has 6 heteroatoms. The van der Waals surface area contributed by atoms with Crippen LogP contribution < -0.4 is 5.32 Å². The number of amides is 1. The summed E-state index contributed by atoms with van der Waals surface area (Å²) in [5.41, 5.74) is 1.68. The van der Waals surface area contributed by atoms with Crippen LogP contribution in [0.4, 0.5) is 0 Å². The largest absolute Gasteiger partial charge is 0.480 e. The van der Waals surface area contributed by atoms with Gasteiger partial charge in [0.15, 0.2) is 0 Å². The molecule has 1 amide bonds. The number of hydrogen-bond acceptors (Lipinski definition) is 3. The maximum Gasteiger partial charge on any atom is 0.326 e. The van der Waals surface area contributed by atoms with Crippen LogP contribution in [0.25, 0.3) is 11.3 Å². The Morgan fingerprint density at radius 1 is 1.25 bits per heavy atom. The van der Waals surface area contributed by atoms with Gasteiger partial charge in [0.05, 0.1) is 16.3 Å². The van der Waals surface area contributed by atoms with Gasteiger partial charge in [0.2, 0.25) is 0 Å². The molecule has 1 aromatic carbocycles. The molecule has 0 aliphatic heterocycles. The number of nitrogens with zero attached hydrogens (tertiary/aromatic N) is 1. The van der Waals surface area contributed by atoms with Crippen LogP contribution in [-0.2, 0) is 4.79 Å². The van der Waals surface area contributed by atoms with E-state index in [1.165, 1.54) is 0 Å². The molecule has 24 heavy (non-hydrogen) atoms. The molecule has 126 valence electrons. The summed E-state index contributed by atoms with van der Waals surface area (Å²) in [6, 6.07) is 9.52. The number of carbonyl (C=O) groups excluding carboxylic acids is 1. The molecule has 2 N–H and O–H groups in total. The fourth-order valence-corrected chi connectivity index (χ4v) is 2.52. The molecule has 1 aromatic heterocycles. The fraction of sp³-hybridized carbons (Fsp3) is 0.278. The second kappa shape index (κ2) is 7.93. The molecule has 0 radical (unpaired) electrons. The third kappa shape index (κ3) is 4.55. The van der Waals surface area contributed by atoms with Crippen LogP contribution in [0, 0.1) is 5.92 Å². The van der Waals surface area contributed by atoms with E-state index in [-0.39, 0.29) is 16.5 Å². The lowest BCUT2D eigenvalue weighted by Crippen LogP contribution is -2.41. The minimum absolute atomic E-state index is 0.140. The third-order valence-corrected chi connectivity index (χ3v) is 3.81. The first-order valence-electron chi connectivity index (χ1n) is 7.63. The predicted octanol–water partition coefficient (Wildman–Crippen LogP) is 3.63. The van der Waals surface area contributed by atoms with Crippen molar-refractivity contribution in [3.63, 3.8) is 0 Å². The van der Waals surface area contributed by atoms with Crippen molar-refractivity contribution in [3.8, 4) is 11.3 Å². The minimum atomic E-state index is -1.06. The highest BCUT2D eigenvalue weighted by Gasteiger charge is 2.23. The lowest BCUT2D eigenvalue weighted by atomic mass is 10.0. The molecule has 0 fully saturated rings. The number of benzene rings is 1. The van der Waals surface area contributed by atoms with E-state index in [9.17, 15) is 14.7 Å². The smallest absolute Gasteiger partial charge is 0.326 e. The molecule has 1 unspecified atom stereocenters. The van der Waals surface area contributed by atoms with Gasteiger partial charge in [0.1, 0.15) is 6.04 Å². The van der Waals surface area contributed by atoms with E-state index in [1.54, 1.807) is 30.5 Å². The minimum Gasteiger partial charge on any atom is -0.480 e. The zero-order valence-electron chi connectivity index (χ0n) is 13.5. The molecular weight excluding hydrogens is 328 g/mol. The van der Waals surface area contributed by atoms with Crippen LogP contribution in [0.2, 0.25) is 5.02 Å². The topological polar surface area (TPSA) is 79.3 Å². The molecule has 0 spiro atoms. The van der Waals surface area contributed by atoms with Gasteiger partial charge in [-0.25, -0.2) is 4.79 Å². The van der Waals surface area contributed by atoms with Crippen LogP contribution in [-0.4, -0.2) is 28.0 Å². The standard InChI is InChI=1S/C18H19ClN2O3/c1-11(2)9-16(18(23)24)21-17(22)13-10-12(6-7-14(13)19)15-5-3-4-8-20-15/h3-8,10-11,16H,9H2,1-2H3,(H,21,22)(H,23,24). The first-order valence-corrected chi connectivity index (χ1v) is 8.01. The zero-order chi connectivity index (χ0) is 17.7. The number of nitrogens with one attached hydrogen (secondary N) is 1. The average molecular weight is 347 g/mol. The summed E-state index contributed by atoms with van der Waals surface area (Å²) < 4.78 is 0. The Labute approximate surface area is 145 Å². The molecule has 0 saturated carbocycles. The lowest BCUT2D eigenvalue weighted by Gasteiger charge is -2.17. The summed E-state index contributed by atoms with van der Waals surface area (Å²) in [5, 5.41) is 12.1. The fourth-order valence-electron chi connectivity index (χ4n) is 2.32. The number of carboxylic acids is 1. The van der Waals surface area contributed by atoms with Crippen LogP contribution in [0.3, 0.4) is 0 Å². The second-order valence-electron chi connectivity index (χ2n) is 5.90. The van der Waals surface area contributed by atoms with Crippen molar-refractivity contribution in [1.82, 2.24) is 10.3 Å². The van der Waals surface area contributed by atoms with Gasteiger partial charge in [-0.15, -0.1) is 0 Å². The van der Waals surface area contributed by atoms with Crippen molar-refractivity contribution < 1.29 is 14.7 Å². The SMILES string of the molecule is CC(C)CC(NC(=O)c1cc(-c2ccccn2)ccc1Cl)C(=O)O. The quantitative estimate of drug-likeness (QED) is 0.837. The molecule has 1 atom stereocenters. The average Bonchev–Trinajstić information content (AvgIpc) is 2.54. The summed E-state index contributed by atoms with van der Waals surface area (Å²) in [4.78, 5) is 28.0. The third-order valence-electron chi connectivity index (χ3n) is 3.48. The Kier molecular flexibility index (Phi) is 5.93. The molecule has 0 aliphatic carbocycles. The van der Waals surface area contributed by atoms with Crippen molar-refractivity contribution in [1.29, 1.82) is 0 Å². The van der Waals surface area contributed by atoms with Gasteiger partial charge in [-0.1, -0.05) is 37.6 Å². The Balaban J connectivity index is 2.27. The maximum absolute atomic E-state index is 12.5. The van der Waals surface area contributed by atoms with Gasteiger partial charge in [-0.3, -0.25) is 9.78 Å². The summed E-state index contributed by atoms with van der Waals surface area (Å²) in [6.45, 7) is 3.80. The molecule has 2 aromatic rings. The predicted molar refractivity (Wildman–Crippen MR) is 93.0 cm³/mol. The van der Waals surface area contributed by atoms with Gasteiger partial charge >= 0.3 is 5.97 Å². The monoisotopic (exact) mass is 346 g/mol. The number of carbonyl (C=O) groups is 2. The number of rotatable bonds is 6.